The van der Waals surface area contributed by atoms with E-state index in [2.05, 4.69) is 18.8 Å². The minimum absolute atomic E-state index is 0. The number of allylic oxidation sites excluding steroid dienone is 1. The Kier molecular flexibility index (Phi) is 11.9. The second kappa shape index (κ2) is 11.9. The van der Waals surface area contributed by atoms with Crippen LogP contribution in [0.2, 0.25) is 0 Å². The number of rotatable bonds is 13. The lowest BCUT2D eigenvalue weighted by atomic mass is 10.2. The number of hydrogen-bond donors (Lipinski definition) is 1. The Balaban J connectivity index is 0. The first-order valence-corrected chi connectivity index (χ1v) is 9.50. The second-order valence-electron chi connectivity index (χ2n) is 4.18. The van der Waals surface area contributed by atoms with Crippen molar-refractivity contribution in [3.63, 3.8) is 0 Å². The molecular formula is C13H30NO3PS. The van der Waals surface area contributed by atoms with Crippen molar-refractivity contribution < 1.29 is 15.0 Å². The van der Waals surface area contributed by atoms with Gasteiger partial charge in [0.1, 0.15) is 0 Å². The molecule has 6 heteroatoms. The van der Waals surface area contributed by atoms with Gasteiger partial charge in [-0.2, -0.15) is 0 Å². The Labute approximate surface area is 124 Å². The molecule has 1 N–H and O–H groups in total. The average molecular weight is 311 g/mol. The van der Waals surface area contributed by atoms with E-state index in [1.807, 2.05) is 6.92 Å². The van der Waals surface area contributed by atoms with Gasteiger partial charge in [0.2, 0.25) is 0 Å². The first-order valence-electron chi connectivity index (χ1n) is 6.94. The summed E-state index contributed by atoms with van der Waals surface area (Å²) < 4.78 is 16.0. The van der Waals surface area contributed by atoms with Crippen LogP contribution in [0.15, 0.2) is 12.3 Å². The van der Waals surface area contributed by atoms with Gasteiger partial charge in [-0.3, -0.25) is 0 Å². The van der Waals surface area contributed by atoms with Crippen molar-refractivity contribution in [2.24, 2.45) is 0 Å². The van der Waals surface area contributed by atoms with Crippen molar-refractivity contribution in [3.05, 3.63) is 12.3 Å². The number of nitrogens with one attached hydrogen (secondary N) is 1. The predicted molar refractivity (Wildman–Crippen MR) is 86.9 cm³/mol. The average Bonchev–Trinajstić information content (AvgIpc) is 2.41. The summed E-state index contributed by atoms with van der Waals surface area (Å²) in [6, 6.07) is 0. The molecule has 0 saturated heterocycles. The molecule has 19 heavy (non-hydrogen) atoms. The molecule has 0 aromatic heterocycles. The van der Waals surface area contributed by atoms with E-state index in [9.17, 15) is 0 Å². The molecule has 4 nitrogen and oxygen atoms in total. The Morgan fingerprint density at radius 2 is 1.89 bits per heavy atom. The van der Waals surface area contributed by atoms with E-state index in [-0.39, 0.29) is 1.43 Å². The van der Waals surface area contributed by atoms with Crippen LogP contribution in [0.5, 0.6) is 0 Å². The summed E-state index contributed by atoms with van der Waals surface area (Å²) in [5.41, 5.74) is 1.11. The maximum absolute atomic E-state index is 5.53. The van der Waals surface area contributed by atoms with Crippen LogP contribution in [-0.4, -0.2) is 26.9 Å². The third-order valence-corrected chi connectivity index (χ3v) is 5.23. The van der Waals surface area contributed by atoms with Crippen molar-refractivity contribution >= 4 is 18.5 Å². The molecule has 0 bridgehead atoms. The summed E-state index contributed by atoms with van der Waals surface area (Å²) in [7, 11) is 1.54. The van der Waals surface area contributed by atoms with Crippen LogP contribution in [0, 0.1) is 0 Å². The lowest BCUT2D eigenvalue weighted by Crippen LogP contribution is -2.13. The van der Waals surface area contributed by atoms with Gasteiger partial charge in [-0.1, -0.05) is 26.3 Å². The van der Waals surface area contributed by atoms with Crippen molar-refractivity contribution in [1.29, 1.82) is 0 Å². The lowest BCUT2D eigenvalue weighted by molar-refractivity contribution is 0.181. The second-order valence-corrected chi connectivity index (χ2v) is 7.30. The van der Waals surface area contributed by atoms with E-state index >= 15 is 0 Å². The van der Waals surface area contributed by atoms with Gasteiger partial charge in [-0.25, -0.2) is 0 Å². The van der Waals surface area contributed by atoms with Gasteiger partial charge < -0.3 is 18.9 Å². The summed E-state index contributed by atoms with van der Waals surface area (Å²) in [4.78, 5) is 0. The van der Waals surface area contributed by atoms with Crippen LogP contribution in [-0.2, 0) is 25.4 Å². The fourth-order valence-electron chi connectivity index (χ4n) is 1.45. The maximum Gasteiger partial charge on any atom is 0.326 e. The summed E-state index contributed by atoms with van der Waals surface area (Å²) in [5.74, 6) is 0. The van der Waals surface area contributed by atoms with Crippen molar-refractivity contribution in [3.8, 4) is 0 Å². The molecule has 1 atom stereocenters. The van der Waals surface area contributed by atoms with E-state index < -0.39 is 6.72 Å². The van der Waals surface area contributed by atoms with Gasteiger partial charge in [-0.05, 0) is 38.0 Å². The van der Waals surface area contributed by atoms with Crippen LogP contribution in [0.25, 0.3) is 0 Å². The van der Waals surface area contributed by atoms with Crippen molar-refractivity contribution in [2.75, 3.05) is 26.9 Å². The van der Waals surface area contributed by atoms with Crippen LogP contribution in [0.4, 0.5) is 0 Å². The molecule has 0 aliphatic heterocycles. The van der Waals surface area contributed by atoms with Crippen LogP contribution in [0.1, 0.15) is 47.4 Å². The van der Waals surface area contributed by atoms with Crippen LogP contribution < -0.4 is 5.32 Å². The fourth-order valence-corrected chi connectivity index (χ4v) is 2.94. The van der Waals surface area contributed by atoms with Gasteiger partial charge in [-0.15, -0.1) is 0 Å². The van der Waals surface area contributed by atoms with Crippen LogP contribution in [0.3, 0.4) is 0 Å². The minimum Gasteiger partial charge on any atom is -0.389 e. The lowest BCUT2D eigenvalue weighted by Gasteiger charge is -2.18. The molecule has 1 unspecified atom stereocenters. The number of unbranched alkanes of at least 4 members (excludes halogenated alkanes) is 3. The Hall–Kier alpha value is 0.0700. The summed E-state index contributed by atoms with van der Waals surface area (Å²) >= 11 is 5.19. The van der Waals surface area contributed by atoms with E-state index in [0.717, 1.165) is 37.9 Å². The molecule has 0 spiro atoms. The highest BCUT2D eigenvalue weighted by atomic mass is 32.5. The SMILES string of the molecule is C=C(CC)NCCCCCCOP(=S)(OC)OCC.[HH]. The van der Waals surface area contributed by atoms with E-state index in [0.29, 0.717) is 13.2 Å². The molecule has 0 saturated carbocycles. The van der Waals surface area contributed by atoms with Gasteiger partial charge in [0.25, 0.3) is 0 Å². The normalized spacial score (nSPS) is 14.1. The monoisotopic (exact) mass is 311 g/mol. The van der Waals surface area contributed by atoms with Gasteiger partial charge in [0.05, 0.1) is 13.2 Å². The fraction of sp³-hybridized carbons (Fsp3) is 0.846. The molecule has 0 amide bonds. The molecule has 0 aliphatic rings. The molecule has 0 radical (unpaired) electrons. The van der Waals surface area contributed by atoms with Gasteiger partial charge in [0, 0.05) is 20.8 Å². The molecule has 0 rings (SSSR count). The summed E-state index contributed by atoms with van der Waals surface area (Å²) in [5, 5.41) is 3.30. The molecule has 0 aliphatic carbocycles. The highest BCUT2D eigenvalue weighted by Gasteiger charge is 2.16. The largest absolute Gasteiger partial charge is 0.389 e. The third-order valence-electron chi connectivity index (χ3n) is 2.63. The van der Waals surface area contributed by atoms with Crippen LogP contribution >= 0.6 is 6.72 Å². The zero-order valence-corrected chi connectivity index (χ0v) is 14.2. The highest BCUT2D eigenvalue weighted by molar-refractivity contribution is 8.07. The van der Waals surface area contributed by atoms with E-state index in [1.165, 1.54) is 6.42 Å². The predicted octanol–water partition coefficient (Wildman–Crippen LogP) is 4.23. The topological polar surface area (TPSA) is 39.7 Å². The third kappa shape index (κ3) is 10.5. The summed E-state index contributed by atoms with van der Waals surface area (Å²) in [6.07, 6.45) is 5.45. The highest BCUT2D eigenvalue weighted by Crippen LogP contribution is 2.48. The quantitative estimate of drug-likeness (QED) is 0.407. The standard InChI is InChI=1S/C13H28NO3PS.H2/c1-5-13(3)14-11-9-7-8-10-12-17-18(19,15-4)16-6-2;/h14H,3,5-12H2,1-2,4H3;1H. The van der Waals surface area contributed by atoms with Gasteiger partial charge in [0.15, 0.2) is 0 Å². The Morgan fingerprint density at radius 3 is 2.47 bits per heavy atom. The first-order chi connectivity index (χ1) is 9.08. The summed E-state index contributed by atoms with van der Waals surface area (Å²) in [6.45, 7) is 7.57. The Morgan fingerprint density at radius 1 is 1.21 bits per heavy atom. The zero-order chi connectivity index (χ0) is 14.6. The molecule has 0 aromatic carbocycles. The smallest absolute Gasteiger partial charge is 0.326 e. The molecular weight excluding hydrogens is 281 g/mol. The minimum atomic E-state index is -2.47. The molecule has 0 fully saturated rings. The van der Waals surface area contributed by atoms with Crippen molar-refractivity contribution in [2.45, 2.75) is 46.0 Å². The van der Waals surface area contributed by atoms with Crippen molar-refractivity contribution in [1.82, 2.24) is 5.32 Å². The van der Waals surface area contributed by atoms with Gasteiger partial charge >= 0.3 is 6.72 Å². The molecule has 0 aromatic rings. The Bertz CT molecular complexity index is 293. The first kappa shape index (κ1) is 19.1. The molecule has 116 valence electrons. The van der Waals surface area contributed by atoms with E-state index in [4.69, 9.17) is 25.4 Å². The maximum atomic E-state index is 5.53. The molecule has 0 heterocycles. The zero-order valence-electron chi connectivity index (χ0n) is 12.4. The van der Waals surface area contributed by atoms with E-state index in [1.54, 1.807) is 7.11 Å². The number of hydrogen-bond acceptors (Lipinski definition) is 5.